The van der Waals surface area contributed by atoms with Gasteiger partial charge in [0.1, 0.15) is 5.69 Å². The second-order valence-corrected chi connectivity index (χ2v) is 3.52. The largest absolute Gasteiger partial charge is 0.325 e. The van der Waals surface area contributed by atoms with Crippen molar-refractivity contribution < 1.29 is 4.79 Å². The average Bonchev–Trinajstić information content (AvgIpc) is 2.46. The summed E-state index contributed by atoms with van der Waals surface area (Å²) in [5.74, 6) is 1.12. The Hall–Kier alpha value is -0.770. The third-order valence-electron chi connectivity index (χ3n) is 1.65. The molecule has 0 unspecified atom stereocenters. The molecule has 0 bridgehead atoms. The van der Waals surface area contributed by atoms with E-state index in [2.05, 4.69) is 4.98 Å². The predicted molar refractivity (Wildman–Crippen MR) is 43.0 cm³/mol. The van der Waals surface area contributed by atoms with Crippen molar-refractivity contribution in [2.24, 2.45) is 0 Å². The number of carbonyl (C=O) groups excluding carboxylic acids is 1. The Kier molecular flexibility index (Phi) is 1.69. The van der Waals surface area contributed by atoms with Gasteiger partial charge in [-0.2, -0.15) is 0 Å². The summed E-state index contributed by atoms with van der Waals surface area (Å²) in [4.78, 5) is 14.5. The highest BCUT2D eigenvalue weighted by Crippen LogP contribution is 2.23. The summed E-state index contributed by atoms with van der Waals surface area (Å²) in [7, 11) is 0. The van der Waals surface area contributed by atoms with Crippen LogP contribution in [0.3, 0.4) is 0 Å². The SMILES string of the molecule is O=Cc1cn2c(n1)SCCC2. The first kappa shape index (κ1) is 6.91. The summed E-state index contributed by atoms with van der Waals surface area (Å²) in [6, 6.07) is 0. The molecule has 0 N–H and O–H groups in total. The van der Waals surface area contributed by atoms with Crippen LogP contribution in [0, 0.1) is 0 Å². The lowest BCUT2D eigenvalue weighted by Gasteiger charge is -2.11. The summed E-state index contributed by atoms with van der Waals surface area (Å²) in [6.45, 7) is 1.00. The van der Waals surface area contributed by atoms with Crippen LogP contribution in [0.5, 0.6) is 0 Å². The number of rotatable bonds is 1. The van der Waals surface area contributed by atoms with E-state index < -0.39 is 0 Å². The van der Waals surface area contributed by atoms with Crippen LogP contribution in [0.4, 0.5) is 0 Å². The molecular formula is C7H8N2OS. The minimum Gasteiger partial charge on any atom is -0.325 e. The van der Waals surface area contributed by atoms with Crippen LogP contribution in [-0.4, -0.2) is 21.6 Å². The monoisotopic (exact) mass is 168 g/mol. The zero-order valence-electron chi connectivity index (χ0n) is 5.99. The maximum absolute atomic E-state index is 10.3. The molecule has 1 aromatic heterocycles. The smallest absolute Gasteiger partial charge is 0.170 e. The zero-order valence-corrected chi connectivity index (χ0v) is 6.80. The van der Waals surface area contributed by atoms with Crippen LogP contribution in [-0.2, 0) is 6.54 Å². The van der Waals surface area contributed by atoms with Crippen molar-refractivity contribution in [3.05, 3.63) is 11.9 Å². The van der Waals surface area contributed by atoms with Crippen molar-refractivity contribution >= 4 is 18.0 Å². The predicted octanol–water partition coefficient (Wildman–Crippen LogP) is 1.19. The minimum absolute atomic E-state index is 0.550. The number of nitrogens with zero attached hydrogens (tertiary/aromatic N) is 2. The number of aryl methyl sites for hydroxylation is 1. The van der Waals surface area contributed by atoms with E-state index in [0.717, 1.165) is 23.7 Å². The standard InChI is InChI=1S/C7H8N2OS/c10-5-6-4-9-2-1-3-11-7(9)8-6/h4-5H,1-3H2. The van der Waals surface area contributed by atoms with Crippen molar-refractivity contribution in [3.8, 4) is 0 Å². The van der Waals surface area contributed by atoms with Gasteiger partial charge in [-0.05, 0) is 6.42 Å². The maximum atomic E-state index is 10.3. The van der Waals surface area contributed by atoms with Gasteiger partial charge in [0.05, 0.1) is 0 Å². The normalized spacial score (nSPS) is 16.0. The van der Waals surface area contributed by atoms with Crippen LogP contribution in [0.25, 0.3) is 0 Å². The van der Waals surface area contributed by atoms with Crippen LogP contribution in [0.2, 0.25) is 0 Å². The van der Waals surface area contributed by atoms with Crippen molar-refractivity contribution in [2.45, 2.75) is 18.1 Å². The lowest BCUT2D eigenvalue weighted by Crippen LogP contribution is -2.05. The maximum Gasteiger partial charge on any atom is 0.170 e. The van der Waals surface area contributed by atoms with Gasteiger partial charge in [-0.3, -0.25) is 4.79 Å². The van der Waals surface area contributed by atoms with E-state index in [1.54, 1.807) is 11.8 Å². The fourth-order valence-electron chi connectivity index (χ4n) is 1.15. The summed E-state index contributed by atoms with van der Waals surface area (Å²) in [6.07, 6.45) is 3.78. The molecule has 2 heterocycles. The molecule has 0 radical (unpaired) electrons. The van der Waals surface area contributed by atoms with Crippen LogP contribution in [0.15, 0.2) is 11.4 Å². The molecular weight excluding hydrogens is 160 g/mol. The molecule has 0 atom stereocenters. The van der Waals surface area contributed by atoms with Gasteiger partial charge in [-0.15, -0.1) is 0 Å². The van der Waals surface area contributed by atoms with Gasteiger partial charge in [0.25, 0.3) is 0 Å². The lowest BCUT2D eigenvalue weighted by molar-refractivity contribution is 0.111. The number of hydrogen-bond acceptors (Lipinski definition) is 3. The Balaban J connectivity index is 2.39. The number of thioether (sulfide) groups is 1. The van der Waals surface area contributed by atoms with E-state index in [0.29, 0.717) is 5.69 Å². The Morgan fingerprint density at radius 3 is 3.36 bits per heavy atom. The molecule has 1 aliphatic heterocycles. The second-order valence-electron chi connectivity index (χ2n) is 2.46. The molecule has 11 heavy (non-hydrogen) atoms. The van der Waals surface area contributed by atoms with Gasteiger partial charge in [-0.1, -0.05) is 11.8 Å². The third-order valence-corrected chi connectivity index (χ3v) is 2.73. The Morgan fingerprint density at radius 1 is 1.73 bits per heavy atom. The molecule has 1 aromatic rings. The molecule has 4 heteroatoms. The minimum atomic E-state index is 0.550. The molecule has 0 aliphatic carbocycles. The zero-order chi connectivity index (χ0) is 7.68. The van der Waals surface area contributed by atoms with Gasteiger partial charge in [0.2, 0.25) is 0 Å². The van der Waals surface area contributed by atoms with Gasteiger partial charge < -0.3 is 4.57 Å². The summed E-state index contributed by atoms with van der Waals surface area (Å²) >= 11 is 1.72. The summed E-state index contributed by atoms with van der Waals surface area (Å²) in [5, 5.41) is 0.985. The molecule has 0 saturated heterocycles. The first-order valence-electron chi connectivity index (χ1n) is 3.55. The second kappa shape index (κ2) is 2.70. The fourth-order valence-corrected chi connectivity index (χ4v) is 2.08. The van der Waals surface area contributed by atoms with Crippen molar-refractivity contribution in [2.75, 3.05) is 5.75 Å². The number of aromatic nitrogens is 2. The summed E-state index contributed by atoms with van der Waals surface area (Å²) in [5.41, 5.74) is 0.550. The lowest BCUT2D eigenvalue weighted by atomic mass is 10.4. The first-order valence-corrected chi connectivity index (χ1v) is 4.54. The fraction of sp³-hybridized carbons (Fsp3) is 0.429. The molecule has 0 fully saturated rings. The highest BCUT2D eigenvalue weighted by atomic mass is 32.2. The molecule has 0 saturated carbocycles. The molecule has 0 aromatic carbocycles. The highest BCUT2D eigenvalue weighted by Gasteiger charge is 2.11. The van der Waals surface area contributed by atoms with E-state index in [1.807, 2.05) is 10.8 Å². The number of carbonyl (C=O) groups is 1. The number of imidazole rings is 1. The Labute approximate surface area is 68.8 Å². The summed E-state index contributed by atoms with van der Waals surface area (Å²) < 4.78 is 2.04. The number of hydrogen-bond donors (Lipinski definition) is 0. The van der Waals surface area contributed by atoms with Crippen LogP contribution < -0.4 is 0 Å². The quantitative estimate of drug-likeness (QED) is 0.591. The Bertz CT molecular complexity index is 258. The average molecular weight is 168 g/mol. The van der Waals surface area contributed by atoms with Crippen LogP contribution in [0.1, 0.15) is 16.9 Å². The topological polar surface area (TPSA) is 34.9 Å². The number of fused-ring (bicyclic) bond motifs is 1. The molecule has 0 amide bonds. The number of aldehydes is 1. The van der Waals surface area contributed by atoms with E-state index in [9.17, 15) is 4.79 Å². The van der Waals surface area contributed by atoms with Gasteiger partial charge in [0.15, 0.2) is 11.4 Å². The van der Waals surface area contributed by atoms with E-state index in [-0.39, 0.29) is 0 Å². The molecule has 3 nitrogen and oxygen atoms in total. The van der Waals surface area contributed by atoms with E-state index in [4.69, 9.17) is 0 Å². The molecule has 0 spiro atoms. The van der Waals surface area contributed by atoms with E-state index >= 15 is 0 Å². The van der Waals surface area contributed by atoms with Gasteiger partial charge in [0, 0.05) is 18.5 Å². The molecule has 2 rings (SSSR count). The van der Waals surface area contributed by atoms with E-state index in [1.165, 1.54) is 6.42 Å². The van der Waals surface area contributed by atoms with Crippen molar-refractivity contribution in [1.29, 1.82) is 0 Å². The third kappa shape index (κ3) is 1.18. The van der Waals surface area contributed by atoms with Crippen molar-refractivity contribution in [1.82, 2.24) is 9.55 Å². The first-order chi connectivity index (χ1) is 5.40. The van der Waals surface area contributed by atoms with Crippen LogP contribution >= 0.6 is 11.8 Å². The highest BCUT2D eigenvalue weighted by molar-refractivity contribution is 7.99. The van der Waals surface area contributed by atoms with Gasteiger partial charge >= 0.3 is 0 Å². The Morgan fingerprint density at radius 2 is 2.64 bits per heavy atom. The van der Waals surface area contributed by atoms with Gasteiger partial charge in [-0.25, -0.2) is 4.98 Å². The van der Waals surface area contributed by atoms with Crippen molar-refractivity contribution in [3.63, 3.8) is 0 Å². The molecule has 1 aliphatic rings. The molecule has 58 valence electrons.